The lowest BCUT2D eigenvalue weighted by atomic mass is 10.00. The highest BCUT2D eigenvalue weighted by Crippen LogP contribution is 2.24. The van der Waals surface area contributed by atoms with Gasteiger partial charge in [0, 0.05) is 31.9 Å². The molecule has 2 heterocycles. The number of thioether (sulfide) groups is 1. The fourth-order valence-electron chi connectivity index (χ4n) is 4.36. The van der Waals surface area contributed by atoms with E-state index in [1.807, 2.05) is 27.0 Å². The number of carbonyl (C=O) groups excluding carboxylic acids is 3. The molecule has 0 radical (unpaired) electrons. The van der Waals surface area contributed by atoms with E-state index in [9.17, 15) is 29.4 Å². The van der Waals surface area contributed by atoms with E-state index in [2.05, 4.69) is 15.5 Å². The number of aliphatic hydroxyl groups is 1. The summed E-state index contributed by atoms with van der Waals surface area (Å²) >= 11 is 1.41. The Balaban J connectivity index is 0.00000507. The van der Waals surface area contributed by atoms with Crippen molar-refractivity contribution >= 4 is 48.0 Å². The number of carboxylic acids is 1. The molecule has 4 amide bonds. The van der Waals surface area contributed by atoms with Gasteiger partial charge in [-0.05, 0) is 24.9 Å². The number of amides is 4. The molecule has 4 N–H and O–H groups in total. The van der Waals surface area contributed by atoms with Gasteiger partial charge in [-0.25, -0.2) is 9.59 Å². The second-order valence-corrected chi connectivity index (χ2v) is 10.9. The third-order valence-electron chi connectivity index (χ3n) is 6.73. The van der Waals surface area contributed by atoms with E-state index in [4.69, 9.17) is 0 Å². The Labute approximate surface area is 233 Å². The van der Waals surface area contributed by atoms with Crippen LogP contribution in [0.3, 0.4) is 0 Å². The fourth-order valence-corrected chi connectivity index (χ4v) is 5.53. The molecule has 3 rings (SSSR count). The summed E-state index contributed by atoms with van der Waals surface area (Å²) in [6.07, 6.45) is -1.70. The number of nitrogens with one attached hydrogen (secondary N) is 2. The number of benzene rings is 1. The number of halogens is 1. The molecule has 2 saturated heterocycles. The number of aliphatic hydroxyl groups excluding tert-OH is 1. The predicted molar refractivity (Wildman–Crippen MR) is 147 cm³/mol. The quantitative estimate of drug-likeness (QED) is 0.335. The van der Waals surface area contributed by atoms with Crippen LogP contribution < -0.4 is 10.6 Å². The maximum atomic E-state index is 13.5. The molecule has 13 heteroatoms. The van der Waals surface area contributed by atoms with Crippen LogP contribution in [0.4, 0.5) is 4.79 Å². The molecule has 38 heavy (non-hydrogen) atoms. The monoisotopic (exact) mass is 571 g/mol. The molecular weight excluding hydrogens is 534 g/mol. The van der Waals surface area contributed by atoms with Crippen LogP contribution in [0.25, 0.3) is 0 Å². The number of likely N-dealkylation sites (N-methyl/N-ethyl adjacent to an activating group) is 1. The Morgan fingerprint density at radius 3 is 2.26 bits per heavy atom. The van der Waals surface area contributed by atoms with Gasteiger partial charge in [0.2, 0.25) is 11.8 Å². The standard InChI is InChI=1S/C25H37N5O6S.ClH/c1-16(2)20(27-25(36)29-11-9-28(3)10-12-29)23(33)30-15-37-14-19(30)22(32)26-18(21(31)24(34)35)13-17-7-5-4-6-8-17;/h4-8,16,18-21,31H,9-15H2,1-3H3,(H,26,32)(H,27,36)(H,34,35);1H/t18-,19-,20-,21?;/m0./s1. The average Bonchev–Trinajstić information content (AvgIpc) is 3.37. The van der Waals surface area contributed by atoms with Crippen LogP contribution in [0.1, 0.15) is 19.4 Å². The van der Waals surface area contributed by atoms with E-state index in [0.717, 1.165) is 18.7 Å². The first-order valence-corrected chi connectivity index (χ1v) is 13.6. The van der Waals surface area contributed by atoms with Crippen molar-refractivity contribution in [1.82, 2.24) is 25.3 Å². The molecular formula is C25H38ClN5O6S. The first-order chi connectivity index (χ1) is 17.6. The molecule has 1 aromatic rings. The second-order valence-electron chi connectivity index (χ2n) is 9.87. The minimum atomic E-state index is -1.81. The summed E-state index contributed by atoms with van der Waals surface area (Å²) in [6, 6.07) is 5.92. The highest BCUT2D eigenvalue weighted by atomic mass is 35.5. The number of aliphatic carboxylic acids is 1. The Hall–Kier alpha value is -2.54. The van der Waals surface area contributed by atoms with Crippen LogP contribution in [-0.4, -0.2) is 118 Å². The van der Waals surface area contributed by atoms with Gasteiger partial charge in [0.25, 0.3) is 0 Å². The molecule has 1 aromatic carbocycles. The first-order valence-electron chi connectivity index (χ1n) is 12.5. The summed E-state index contributed by atoms with van der Waals surface area (Å²) in [7, 11) is 1.99. The lowest BCUT2D eigenvalue weighted by Crippen LogP contribution is -2.60. The van der Waals surface area contributed by atoms with E-state index < -0.39 is 36.1 Å². The number of carboxylic acid groups (broad SMARTS) is 1. The van der Waals surface area contributed by atoms with E-state index in [1.54, 1.807) is 29.2 Å². The zero-order chi connectivity index (χ0) is 27.1. The third kappa shape index (κ3) is 8.23. The van der Waals surface area contributed by atoms with Gasteiger partial charge in [0.15, 0.2) is 6.10 Å². The van der Waals surface area contributed by atoms with Gasteiger partial charge in [-0.3, -0.25) is 9.59 Å². The van der Waals surface area contributed by atoms with Gasteiger partial charge >= 0.3 is 12.0 Å². The van der Waals surface area contributed by atoms with Gasteiger partial charge in [0.05, 0.1) is 11.9 Å². The number of urea groups is 1. The van der Waals surface area contributed by atoms with E-state index in [0.29, 0.717) is 18.8 Å². The summed E-state index contributed by atoms with van der Waals surface area (Å²) in [5, 5.41) is 25.2. The summed E-state index contributed by atoms with van der Waals surface area (Å²) in [6.45, 7) is 6.33. The lowest BCUT2D eigenvalue weighted by Gasteiger charge is -2.35. The fraction of sp³-hybridized carbons (Fsp3) is 0.600. The van der Waals surface area contributed by atoms with Crippen molar-refractivity contribution in [2.24, 2.45) is 5.92 Å². The molecule has 4 atom stereocenters. The average molecular weight is 572 g/mol. The van der Waals surface area contributed by atoms with Gasteiger partial charge < -0.3 is 35.5 Å². The number of hydrogen-bond acceptors (Lipinski definition) is 7. The zero-order valence-corrected chi connectivity index (χ0v) is 23.5. The van der Waals surface area contributed by atoms with Gasteiger partial charge in [0.1, 0.15) is 12.1 Å². The highest BCUT2D eigenvalue weighted by Gasteiger charge is 2.41. The molecule has 0 saturated carbocycles. The molecule has 0 bridgehead atoms. The van der Waals surface area contributed by atoms with Crippen molar-refractivity contribution in [2.45, 2.75) is 44.5 Å². The predicted octanol–water partition coefficient (Wildman–Crippen LogP) is 0.464. The van der Waals surface area contributed by atoms with E-state index >= 15 is 0 Å². The Morgan fingerprint density at radius 1 is 1.05 bits per heavy atom. The number of hydrogen-bond donors (Lipinski definition) is 4. The number of piperazine rings is 1. The largest absolute Gasteiger partial charge is 0.479 e. The Morgan fingerprint density at radius 2 is 1.68 bits per heavy atom. The topological polar surface area (TPSA) is 143 Å². The summed E-state index contributed by atoms with van der Waals surface area (Å²) < 4.78 is 0. The van der Waals surface area contributed by atoms with Crippen molar-refractivity contribution in [2.75, 3.05) is 44.9 Å². The molecule has 212 valence electrons. The molecule has 0 aliphatic carbocycles. The van der Waals surface area contributed by atoms with Gasteiger partial charge in [-0.15, -0.1) is 24.2 Å². The van der Waals surface area contributed by atoms with Crippen LogP contribution in [-0.2, 0) is 20.8 Å². The summed E-state index contributed by atoms with van der Waals surface area (Å²) in [5.74, 6) is -1.95. The summed E-state index contributed by atoms with van der Waals surface area (Å²) in [4.78, 5) is 56.4. The van der Waals surface area contributed by atoms with Crippen LogP contribution in [0, 0.1) is 5.92 Å². The third-order valence-corrected chi connectivity index (χ3v) is 7.74. The maximum Gasteiger partial charge on any atom is 0.334 e. The van der Waals surface area contributed by atoms with E-state index in [1.165, 1.54) is 16.7 Å². The lowest BCUT2D eigenvalue weighted by molar-refractivity contribution is -0.149. The molecule has 1 unspecified atom stereocenters. The minimum Gasteiger partial charge on any atom is -0.479 e. The number of carbonyl (C=O) groups is 4. The van der Waals surface area contributed by atoms with Crippen molar-refractivity contribution < 1.29 is 29.4 Å². The van der Waals surface area contributed by atoms with Crippen molar-refractivity contribution in [3.63, 3.8) is 0 Å². The Bertz CT molecular complexity index is 963. The summed E-state index contributed by atoms with van der Waals surface area (Å²) in [5.41, 5.74) is 0.758. The molecule has 0 aromatic heterocycles. The van der Waals surface area contributed by atoms with Crippen LogP contribution in [0.5, 0.6) is 0 Å². The van der Waals surface area contributed by atoms with E-state index in [-0.39, 0.29) is 42.6 Å². The second kappa shape index (κ2) is 14.6. The number of nitrogens with zero attached hydrogens (tertiary/aromatic N) is 3. The smallest absolute Gasteiger partial charge is 0.334 e. The Kier molecular flexibility index (Phi) is 12.1. The molecule has 0 spiro atoms. The molecule has 2 fully saturated rings. The normalized spacial score (nSPS) is 20.3. The van der Waals surface area contributed by atoms with Crippen LogP contribution in [0.15, 0.2) is 30.3 Å². The van der Waals surface area contributed by atoms with Crippen LogP contribution >= 0.6 is 24.2 Å². The maximum absolute atomic E-state index is 13.5. The van der Waals surface area contributed by atoms with Crippen molar-refractivity contribution in [3.05, 3.63) is 35.9 Å². The van der Waals surface area contributed by atoms with Crippen molar-refractivity contribution in [3.8, 4) is 0 Å². The zero-order valence-electron chi connectivity index (χ0n) is 21.9. The highest BCUT2D eigenvalue weighted by molar-refractivity contribution is 7.99. The van der Waals surface area contributed by atoms with Gasteiger partial charge in [-0.2, -0.15) is 0 Å². The SMILES string of the molecule is CC(C)[C@H](NC(=O)N1CCN(C)CC1)C(=O)N1CSC[C@H]1C(=O)N[C@@H](Cc1ccccc1)C(O)C(=O)O.Cl. The minimum absolute atomic E-state index is 0. The van der Waals surface area contributed by atoms with Crippen LogP contribution in [0.2, 0.25) is 0 Å². The molecule has 2 aliphatic heterocycles. The molecule has 11 nitrogen and oxygen atoms in total. The first kappa shape index (κ1) is 31.7. The van der Waals surface area contributed by atoms with Gasteiger partial charge in [-0.1, -0.05) is 44.2 Å². The van der Waals surface area contributed by atoms with Crippen molar-refractivity contribution in [1.29, 1.82) is 0 Å². The number of rotatable bonds is 9. The molecule has 2 aliphatic rings.